The predicted molar refractivity (Wildman–Crippen MR) is 100 cm³/mol. The molecule has 0 radical (unpaired) electrons. The molecule has 2 nitrogen and oxygen atoms in total. The van der Waals surface area contributed by atoms with Gasteiger partial charge in [-0.25, -0.2) is 0 Å². The second-order valence-corrected chi connectivity index (χ2v) is 5.82. The maximum Gasteiger partial charge on any atom is 0.431 e. The van der Waals surface area contributed by atoms with Crippen LogP contribution in [-0.4, -0.2) is 12.0 Å². The van der Waals surface area contributed by atoms with Crippen LogP contribution >= 0.6 is 0 Å². The van der Waals surface area contributed by atoms with Crippen molar-refractivity contribution in [3.8, 4) is 11.1 Å². The number of nitrogens with one attached hydrogen (secondary N) is 1. The average molecular weight is 367 g/mol. The van der Waals surface area contributed by atoms with Crippen LogP contribution in [0.1, 0.15) is 10.4 Å². The fourth-order valence-electron chi connectivity index (χ4n) is 2.64. The van der Waals surface area contributed by atoms with E-state index in [4.69, 9.17) is 0 Å². The second kappa shape index (κ2) is 7.91. The van der Waals surface area contributed by atoms with Gasteiger partial charge in [0.05, 0.1) is 0 Å². The summed E-state index contributed by atoms with van der Waals surface area (Å²) >= 11 is 0. The predicted octanol–water partition coefficient (Wildman–Crippen LogP) is 6.09. The molecule has 0 aromatic heterocycles. The quantitative estimate of drug-likeness (QED) is 0.436. The van der Waals surface area contributed by atoms with E-state index in [0.717, 1.165) is 5.56 Å². The van der Waals surface area contributed by atoms with Crippen LogP contribution in [0.2, 0.25) is 0 Å². The second-order valence-electron chi connectivity index (χ2n) is 5.82. The fraction of sp³-hybridized carbons (Fsp3) is 0.0455. The maximum atomic E-state index is 13.4. The number of anilines is 1. The molecule has 3 aromatic rings. The minimum Gasteiger partial charge on any atom is -0.351 e. The molecular weight excluding hydrogens is 351 g/mol. The van der Waals surface area contributed by atoms with Gasteiger partial charge in [-0.05, 0) is 23.3 Å². The van der Waals surface area contributed by atoms with Crippen molar-refractivity contribution in [3.63, 3.8) is 0 Å². The van der Waals surface area contributed by atoms with Gasteiger partial charge in [0.2, 0.25) is 0 Å². The number of hydrogen-bond acceptors (Lipinski definition) is 2. The molecule has 0 aliphatic heterocycles. The largest absolute Gasteiger partial charge is 0.431 e. The zero-order chi connectivity index (χ0) is 19.3. The third-order valence-corrected chi connectivity index (χ3v) is 3.91. The van der Waals surface area contributed by atoms with Crippen LogP contribution < -0.4 is 5.32 Å². The lowest BCUT2D eigenvalue weighted by atomic mass is 9.96. The summed E-state index contributed by atoms with van der Waals surface area (Å²) in [5.41, 5.74) is 0.701. The van der Waals surface area contributed by atoms with Crippen LogP contribution in [0.4, 0.5) is 18.9 Å². The molecule has 0 aliphatic rings. The number of benzene rings is 3. The Labute approximate surface area is 155 Å². The van der Waals surface area contributed by atoms with Gasteiger partial charge in [-0.3, -0.25) is 4.79 Å². The summed E-state index contributed by atoms with van der Waals surface area (Å²) in [7, 11) is 0. The van der Waals surface area contributed by atoms with E-state index in [0.29, 0.717) is 11.6 Å². The van der Waals surface area contributed by atoms with Gasteiger partial charge in [0, 0.05) is 17.3 Å². The molecule has 3 rings (SSSR count). The van der Waals surface area contributed by atoms with Gasteiger partial charge >= 0.3 is 6.18 Å². The van der Waals surface area contributed by atoms with Crippen molar-refractivity contribution >= 4 is 11.5 Å². The number of para-hydroxylation sites is 1. The summed E-state index contributed by atoms with van der Waals surface area (Å²) in [5.74, 6) is -0.717. The topological polar surface area (TPSA) is 29.1 Å². The van der Waals surface area contributed by atoms with E-state index in [2.05, 4.69) is 5.32 Å². The van der Waals surface area contributed by atoms with Crippen LogP contribution in [-0.2, 0) is 0 Å². The molecule has 0 heterocycles. The van der Waals surface area contributed by atoms with Crippen LogP contribution in [0, 0.1) is 0 Å². The summed E-state index contributed by atoms with van der Waals surface area (Å²) in [6.45, 7) is 0. The maximum absolute atomic E-state index is 13.4. The van der Waals surface area contributed by atoms with Crippen LogP contribution in [0.3, 0.4) is 0 Å². The lowest BCUT2D eigenvalue weighted by molar-refractivity contribution is -0.0903. The van der Waals surface area contributed by atoms with Crippen molar-refractivity contribution in [3.05, 3.63) is 102 Å². The van der Waals surface area contributed by atoms with Crippen molar-refractivity contribution in [1.29, 1.82) is 0 Å². The average Bonchev–Trinajstić information content (AvgIpc) is 2.68. The van der Waals surface area contributed by atoms with Gasteiger partial charge in [-0.2, -0.15) is 13.2 Å². The number of hydrogen-bond donors (Lipinski definition) is 1. The molecule has 5 heteroatoms. The van der Waals surface area contributed by atoms with Gasteiger partial charge < -0.3 is 5.32 Å². The molecule has 0 amide bonds. The molecule has 0 aliphatic carbocycles. The summed E-state index contributed by atoms with van der Waals surface area (Å²) in [4.78, 5) is 12.7. The Morgan fingerprint density at radius 2 is 1.33 bits per heavy atom. The SMILES string of the molecule is O=C(/C=C(\Nc1ccccc1)C(F)(F)F)c1ccccc1-c1ccccc1. The third kappa shape index (κ3) is 4.64. The molecule has 0 bridgehead atoms. The fourth-order valence-corrected chi connectivity index (χ4v) is 2.64. The molecule has 136 valence electrons. The molecule has 3 aromatic carbocycles. The molecule has 0 fully saturated rings. The van der Waals surface area contributed by atoms with Crippen molar-refractivity contribution in [2.75, 3.05) is 5.32 Å². The van der Waals surface area contributed by atoms with Gasteiger partial charge in [0.1, 0.15) is 5.70 Å². The molecule has 27 heavy (non-hydrogen) atoms. The Kier molecular flexibility index (Phi) is 5.41. The molecule has 0 spiro atoms. The van der Waals surface area contributed by atoms with E-state index in [1.54, 1.807) is 36.4 Å². The zero-order valence-corrected chi connectivity index (χ0v) is 14.2. The first-order valence-corrected chi connectivity index (χ1v) is 8.25. The molecule has 0 saturated heterocycles. The lowest BCUT2D eigenvalue weighted by Crippen LogP contribution is -2.20. The summed E-state index contributed by atoms with van der Waals surface area (Å²) in [5, 5.41) is 2.29. The first-order chi connectivity index (χ1) is 12.9. The number of carbonyl (C=O) groups is 1. The normalized spacial score (nSPS) is 11.9. The van der Waals surface area contributed by atoms with Crippen molar-refractivity contribution < 1.29 is 18.0 Å². The Morgan fingerprint density at radius 1 is 0.778 bits per heavy atom. The first kappa shape index (κ1) is 18.5. The summed E-state index contributed by atoms with van der Waals surface area (Å²) < 4.78 is 40.3. The Hall–Kier alpha value is -3.34. The highest BCUT2D eigenvalue weighted by Gasteiger charge is 2.35. The number of alkyl halides is 3. The Morgan fingerprint density at radius 3 is 1.96 bits per heavy atom. The third-order valence-electron chi connectivity index (χ3n) is 3.91. The van der Waals surface area contributed by atoms with E-state index < -0.39 is 17.7 Å². The van der Waals surface area contributed by atoms with Gasteiger partial charge in [0.25, 0.3) is 0 Å². The Balaban J connectivity index is 1.99. The standard InChI is InChI=1S/C22H16F3NO/c23-22(24,25)21(26-17-11-5-2-6-12-17)15-20(27)19-14-8-7-13-18(19)16-9-3-1-4-10-16/h1-15,26H/b21-15-. The zero-order valence-electron chi connectivity index (χ0n) is 14.2. The number of halogens is 3. The van der Waals surface area contributed by atoms with E-state index in [1.165, 1.54) is 18.2 Å². The highest BCUT2D eigenvalue weighted by Crippen LogP contribution is 2.29. The summed E-state index contributed by atoms with van der Waals surface area (Å²) in [6, 6.07) is 23.6. The van der Waals surface area contributed by atoms with Crippen LogP contribution in [0.25, 0.3) is 11.1 Å². The minimum atomic E-state index is -4.69. The van der Waals surface area contributed by atoms with E-state index in [-0.39, 0.29) is 11.3 Å². The van der Waals surface area contributed by atoms with Crippen molar-refractivity contribution in [2.24, 2.45) is 0 Å². The van der Waals surface area contributed by atoms with E-state index >= 15 is 0 Å². The molecule has 0 saturated carbocycles. The number of carbonyl (C=O) groups excluding carboxylic acids is 1. The monoisotopic (exact) mass is 367 g/mol. The minimum absolute atomic E-state index is 0.209. The smallest absolute Gasteiger partial charge is 0.351 e. The molecule has 1 N–H and O–H groups in total. The molecule has 0 atom stereocenters. The highest BCUT2D eigenvalue weighted by atomic mass is 19.4. The van der Waals surface area contributed by atoms with Gasteiger partial charge in [-0.15, -0.1) is 0 Å². The van der Waals surface area contributed by atoms with E-state index in [9.17, 15) is 18.0 Å². The van der Waals surface area contributed by atoms with E-state index in [1.807, 2.05) is 30.3 Å². The van der Waals surface area contributed by atoms with Crippen LogP contribution in [0.15, 0.2) is 96.7 Å². The van der Waals surface area contributed by atoms with Crippen molar-refractivity contribution in [1.82, 2.24) is 0 Å². The van der Waals surface area contributed by atoms with Crippen LogP contribution in [0.5, 0.6) is 0 Å². The van der Waals surface area contributed by atoms with Gasteiger partial charge in [-0.1, -0.05) is 72.8 Å². The highest BCUT2D eigenvalue weighted by molar-refractivity contribution is 6.09. The number of ketones is 1. The number of allylic oxidation sites excluding steroid dienone is 2. The summed E-state index contributed by atoms with van der Waals surface area (Å²) in [6.07, 6.45) is -4.08. The Bertz CT molecular complexity index is 948. The molecular formula is C22H16F3NO. The first-order valence-electron chi connectivity index (χ1n) is 8.25. The number of rotatable bonds is 5. The van der Waals surface area contributed by atoms with Crippen molar-refractivity contribution in [2.45, 2.75) is 6.18 Å². The molecule has 0 unspecified atom stereocenters. The lowest BCUT2D eigenvalue weighted by Gasteiger charge is -2.15. The van der Waals surface area contributed by atoms with Gasteiger partial charge in [0.15, 0.2) is 5.78 Å².